The smallest absolute Gasteiger partial charge is 0.150 e. The first-order valence-electron chi connectivity index (χ1n) is 5.58. The molecule has 0 aliphatic carbocycles. The van der Waals surface area contributed by atoms with Gasteiger partial charge in [0.05, 0.1) is 11.9 Å². The van der Waals surface area contributed by atoms with E-state index in [1.54, 1.807) is 6.92 Å². The number of hydrogen-bond donors (Lipinski definition) is 1. The first-order chi connectivity index (χ1) is 7.94. The van der Waals surface area contributed by atoms with Crippen LogP contribution in [0.1, 0.15) is 31.4 Å². The molecule has 1 N–H and O–H groups in total. The predicted molar refractivity (Wildman–Crippen MR) is 77.7 cm³/mol. The van der Waals surface area contributed by atoms with E-state index in [9.17, 15) is 13.5 Å². The highest BCUT2D eigenvalue weighted by Crippen LogP contribution is 2.20. The summed E-state index contributed by atoms with van der Waals surface area (Å²) in [6, 6.07) is 7.63. The summed E-state index contributed by atoms with van der Waals surface area (Å²) < 4.78 is 23.6. The molecule has 0 radical (unpaired) electrons. The van der Waals surface area contributed by atoms with Crippen molar-refractivity contribution in [3.8, 4) is 0 Å². The van der Waals surface area contributed by atoms with Gasteiger partial charge < -0.3 is 5.11 Å². The largest absolute Gasteiger partial charge is 0.388 e. The van der Waals surface area contributed by atoms with Gasteiger partial charge in [-0.1, -0.05) is 19.1 Å². The van der Waals surface area contributed by atoms with Crippen molar-refractivity contribution >= 4 is 32.4 Å². The summed E-state index contributed by atoms with van der Waals surface area (Å²) in [6.07, 6.45) is 0.416. The molecule has 0 heterocycles. The SMILES string of the molecule is CCS(=O)(=O)CCCC(O)c1cccc(I)c1. The minimum Gasteiger partial charge on any atom is -0.388 e. The van der Waals surface area contributed by atoms with Crippen LogP contribution in [0.4, 0.5) is 0 Å². The molecule has 3 nitrogen and oxygen atoms in total. The second-order valence-electron chi connectivity index (χ2n) is 3.95. The van der Waals surface area contributed by atoms with Crippen LogP contribution in [-0.2, 0) is 9.84 Å². The van der Waals surface area contributed by atoms with Crippen molar-refractivity contribution < 1.29 is 13.5 Å². The normalized spacial score (nSPS) is 13.6. The quantitative estimate of drug-likeness (QED) is 0.786. The third kappa shape index (κ3) is 5.35. The van der Waals surface area contributed by atoms with Gasteiger partial charge in [0.2, 0.25) is 0 Å². The molecule has 0 saturated heterocycles. The van der Waals surface area contributed by atoms with E-state index < -0.39 is 15.9 Å². The molecular weight excluding hydrogens is 351 g/mol. The van der Waals surface area contributed by atoms with Crippen LogP contribution in [0.3, 0.4) is 0 Å². The van der Waals surface area contributed by atoms with E-state index in [0.29, 0.717) is 12.8 Å². The summed E-state index contributed by atoms with van der Waals surface area (Å²) in [6.45, 7) is 1.64. The van der Waals surface area contributed by atoms with Crippen molar-refractivity contribution in [2.24, 2.45) is 0 Å². The van der Waals surface area contributed by atoms with E-state index in [-0.39, 0.29) is 11.5 Å². The number of rotatable bonds is 6. The Morgan fingerprint density at radius 2 is 2.12 bits per heavy atom. The van der Waals surface area contributed by atoms with Crippen LogP contribution in [0.25, 0.3) is 0 Å². The maximum absolute atomic E-state index is 11.3. The van der Waals surface area contributed by atoms with Crippen LogP contribution in [-0.4, -0.2) is 25.0 Å². The average Bonchev–Trinajstić information content (AvgIpc) is 2.28. The second kappa shape index (κ2) is 6.70. The summed E-state index contributed by atoms with van der Waals surface area (Å²) in [7, 11) is -2.92. The lowest BCUT2D eigenvalue weighted by Gasteiger charge is -2.11. The average molecular weight is 368 g/mol. The van der Waals surface area contributed by atoms with E-state index in [4.69, 9.17) is 0 Å². The Morgan fingerprint density at radius 3 is 2.71 bits per heavy atom. The Labute approximate surface area is 116 Å². The summed E-state index contributed by atoms with van der Waals surface area (Å²) in [5, 5.41) is 9.92. The predicted octanol–water partition coefficient (Wildman–Crippen LogP) is 2.54. The summed E-state index contributed by atoms with van der Waals surface area (Å²) in [4.78, 5) is 0. The van der Waals surface area contributed by atoms with Crippen LogP contribution < -0.4 is 0 Å². The lowest BCUT2D eigenvalue weighted by atomic mass is 10.1. The highest BCUT2D eigenvalue weighted by atomic mass is 127. The molecule has 5 heteroatoms. The van der Waals surface area contributed by atoms with Gasteiger partial charge in [0.25, 0.3) is 0 Å². The van der Waals surface area contributed by atoms with Crippen LogP contribution in [0.2, 0.25) is 0 Å². The molecule has 0 saturated carbocycles. The highest BCUT2D eigenvalue weighted by Gasteiger charge is 2.11. The maximum atomic E-state index is 11.3. The number of aliphatic hydroxyl groups is 1. The number of sulfone groups is 1. The molecule has 0 aliphatic rings. The Balaban J connectivity index is 2.48. The molecule has 0 aliphatic heterocycles. The van der Waals surface area contributed by atoms with Gasteiger partial charge in [0.15, 0.2) is 0 Å². The van der Waals surface area contributed by atoms with E-state index in [1.807, 2.05) is 24.3 Å². The van der Waals surface area contributed by atoms with Crippen molar-refractivity contribution in [3.05, 3.63) is 33.4 Å². The standard InChI is InChI=1S/C12H17IO3S/c1-2-17(15,16)8-4-7-12(14)10-5-3-6-11(13)9-10/h3,5-6,9,12,14H,2,4,7-8H2,1H3. The van der Waals surface area contributed by atoms with E-state index >= 15 is 0 Å². The van der Waals surface area contributed by atoms with Crippen LogP contribution >= 0.6 is 22.6 Å². The lowest BCUT2D eigenvalue weighted by molar-refractivity contribution is 0.166. The summed E-state index contributed by atoms with van der Waals surface area (Å²) >= 11 is 2.19. The van der Waals surface area contributed by atoms with E-state index in [2.05, 4.69) is 22.6 Å². The monoisotopic (exact) mass is 368 g/mol. The van der Waals surface area contributed by atoms with Gasteiger partial charge in [-0.05, 0) is 53.1 Å². The Hall–Kier alpha value is -0.140. The van der Waals surface area contributed by atoms with Crippen molar-refractivity contribution in [1.29, 1.82) is 0 Å². The molecular formula is C12H17IO3S. The fourth-order valence-corrected chi connectivity index (χ4v) is 2.98. The topological polar surface area (TPSA) is 54.4 Å². The minimum atomic E-state index is -2.92. The highest BCUT2D eigenvalue weighted by molar-refractivity contribution is 14.1. The summed E-state index contributed by atoms with van der Waals surface area (Å²) in [5.74, 6) is 0.330. The Bertz CT molecular complexity index is 457. The number of benzene rings is 1. The fraction of sp³-hybridized carbons (Fsp3) is 0.500. The maximum Gasteiger partial charge on any atom is 0.150 e. The van der Waals surface area contributed by atoms with Crippen molar-refractivity contribution in [2.75, 3.05) is 11.5 Å². The molecule has 17 heavy (non-hydrogen) atoms. The van der Waals surface area contributed by atoms with Gasteiger partial charge in [-0.15, -0.1) is 0 Å². The zero-order valence-corrected chi connectivity index (χ0v) is 12.7. The fourth-order valence-electron chi connectivity index (χ4n) is 1.52. The number of halogens is 1. The first-order valence-corrected chi connectivity index (χ1v) is 8.48. The van der Waals surface area contributed by atoms with Crippen LogP contribution in [0, 0.1) is 3.57 Å². The Morgan fingerprint density at radius 1 is 1.41 bits per heavy atom. The third-order valence-corrected chi connectivity index (χ3v) is 5.07. The van der Waals surface area contributed by atoms with Gasteiger partial charge in [0, 0.05) is 9.32 Å². The molecule has 0 spiro atoms. The molecule has 0 bridgehead atoms. The van der Waals surface area contributed by atoms with Gasteiger partial charge in [0.1, 0.15) is 9.84 Å². The molecule has 0 fully saturated rings. The van der Waals surface area contributed by atoms with Crippen molar-refractivity contribution in [3.63, 3.8) is 0 Å². The molecule has 1 atom stereocenters. The lowest BCUT2D eigenvalue weighted by Crippen LogP contribution is -2.10. The van der Waals surface area contributed by atoms with Gasteiger partial charge in [-0.2, -0.15) is 0 Å². The molecule has 1 unspecified atom stereocenters. The zero-order valence-electron chi connectivity index (χ0n) is 9.77. The van der Waals surface area contributed by atoms with Crippen LogP contribution in [0.5, 0.6) is 0 Å². The molecule has 1 aromatic carbocycles. The van der Waals surface area contributed by atoms with Crippen molar-refractivity contribution in [1.82, 2.24) is 0 Å². The van der Waals surface area contributed by atoms with Gasteiger partial charge in [-0.3, -0.25) is 0 Å². The first kappa shape index (κ1) is 14.9. The minimum absolute atomic E-state index is 0.157. The summed E-state index contributed by atoms with van der Waals surface area (Å²) in [5.41, 5.74) is 0.853. The molecule has 1 aromatic rings. The van der Waals surface area contributed by atoms with E-state index in [1.165, 1.54) is 0 Å². The zero-order chi connectivity index (χ0) is 12.9. The Kier molecular flexibility index (Phi) is 5.88. The van der Waals surface area contributed by atoms with Crippen LogP contribution in [0.15, 0.2) is 24.3 Å². The molecule has 1 rings (SSSR count). The van der Waals surface area contributed by atoms with Gasteiger partial charge in [-0.25, -0.2) is 8.42 Å². The third-order valence-electron chi connectivity index (χ3n) is 2.61. The second-order valence-corrected chi connectivity index (χ2v) is 7.67. The molecule has 96 valence electrons. The van der Waals surface area contributed by atoms with E-state index in [0.717, 1.165) is 9.13 Å². The molecule has 0 aromatic heterocycles. The van der Waals surface area contributed by atoms with Gasteiger partial charge >= 0.3 is 0 Å². The number of aliphatic hydroxyl groups excluding tert-OH is 1. The molecule has 0 amide bonds. The van der Waals surface area contributed by atoms with Crippen molar-refractivity contribution in [2.45, 2.75) is 25.9 Å². The number of hydrogen-bond acceptors (Lipinski definition) is 3.